The summed E-state index contributed by atoms with van der Waals surface area (Å²) in [6.45, 7) is 6.73. The largest absolute Gasteiger partial charge is 0.352 e. The quantitative estimate of drug-likeness (QED) is 0.562. The Kier molecular flexibility index (Phi) is 5.06. The van der Waals surface area contributed by atoms with E-state index in [0.717, 1.165) is 64.9 Å². The number of nitrogens with zero attached hydrogens (tertiary/aromatic N) is 5. The number of amides is 1. The lowest BCUT2D eigenvalue weighted by Crippen LogP contribution is -2.49. The number of pyridine rings is 2. The summed E-state index contributed by atoms with van der Waals surface area (Å²) < 4.78 is 0. The molecule has 0 radical (unpaired) electrons. The smallest absolute Gasteiger partial charge is 0.225 e. The number of aromatic nitrogens is 2. The van der Waals surface area contributed by atoms with Crippen LogP contribution in [0.4, 0.5) is 5.82 Å². The van der Waals surface area contributed by atoms with E-state index in [9.17, 15) is 10.1 Å². The summed E-state index contributed by atoms with van der Waals surface area (Å²) in [5.74, 6) is 1.72. The lowest BCUT2D eigenvalue weighted by atomic mass is 9.95. The number of piperazine rings is 1. The minimum atomic E-state index is 0.246. The SMILES string of the molecule is C=Cc1cc(-c2cc(C#N)c(N3CCN(C(=O)C4CC4)CC3)nc2C2CC2)c2ccccc2n1. The third-order valence-electron chi connectivity index (χ3n) is 7.17. The van der Waals surface area contributed by atoms with Gasteiger partial charge in [0.1, 0.15) is 11.9 Å². The average molecular weight is 450 g/mol. The van der Waals surface area contributed by atoms with Gasteiger partial charge in [-0.25, -0.2) is 9.97 Å². The van der Waals surface area contributed by atoms with Crippen LogP contribution in [0.25, 0.3) is 28.1 Å². The molecule has 1 aliphatic heterocycles. The van der Waals surface area contributed by atoms with Crippen molar-refractivity contribution < 1.29 is 4.79 Å². The van der Waals surface area contributed by atoms with Crippen LogP contribution >= 0.6 is 0 Å². The number of hydrogen-bond acceptors (Lipinski definition) is 5. The fourth-order valence-electron chi connectivity index (χ4n) is 4.97. The Morgan fingerprint density at radius 3 is 2.47 bits per heavy atom. The number of rotatable bonds is 5. The monoisotopic (exact) mass is 449 g/mol. The molecule has 0 atom stereocenters. The lowest BCUT2D eigenvalue weighted by molar-refractivity contribution is -0.132. The Labute approximate surface area is 199 Å². The second-order valence-corrected chi connectivity index (χ2v) is 9.58. The molecule has 2 aliphatic carbocycles. The number of anilines is 1. The van der Waals surface area contributed by atoms with E-state index in [1.807, 2.05) is 29.2 Å². The number of carbonyl (C=O) groups excluding carboxylic acids is 1. The van der Waals surface area contributed by atoms with Crippen LogP contribution in [0.2, 0.25) is 0 Å². The molecule has 6 heteroatoms. The molecule has 1 aromatic carbocycles. The Balaban J connectivity index is 1.41. The second kappa shape index (κ2) is 8.25. The van der Waals surface area contributed by atoms with Gasteiger partial charge in [0.2, 0.25) is 5.91 Å². The van der Waals surface area contributed by atoms with Gasteiger partial charge in [0.15, 0.2) is 0 Å². The first-order chi connectivity index (χ1) is 16.7. The summed E-state index contributed by atoms with van der Waals surface area (Å²) in [5.41, 5.74) is 5.45. The third kappa shape index (κ3) is 3.71. The van der Waals surface area contributed by atoms with Gasteiger partial charge in [0.05, 0.1) is 22.5 Å². The summed E-state index contributed by atoms with van der Waals surface area (Å²) in [6, 6.07) is 14.6. The van der Waals surface area contributed by atoms with E-state index in [-0.39, 0.29) is 5.92 Å². The highest BCUT2D eigenvalue weighted by molar-refractivity contribution is 5.96. The van der Waals surface area contributed by atoms with Crippen molar-refractivity contribution in [1.29, 1.82) is 5.26 Å². The van der Waals surface area contributed by atoms with Gasteiger partial charge < -0.3 is 9.80 Å². The fourth-order valence-corrected chi connectivity index (χ4v) is 4.97. The molecular weight excluding hydrogens is 422 g/mol. The zero-order valence-electron chi connectivity index (χ0n) is 19.2. The number of carbonyl (C=O) groups is 1. The van der Waals surface area contributed by atoms with Crippen LogP contribution < -0.4 is 4.90 Å². The molecule has 0 bridgehead atoms. The van der Waals surface area contributed by atoms with E-state index in [4.69, 9.17) is 9.97 Å². The van der Waals surface area contributed by atoms with Gasteiger partial charge in [-0.2, -0.15) is 5.26 Å². The molecule has 0 unspecified atom stereocenters. The Morgan fingerprint density at radius 1 is 1.03 bits per heavy atom. The van der Waals surface area contributed by atoms with Gasteiger partial charge in [0.25, 0.3) is 0 Å². The maximum atomic E-state index is 12.5. The number of hydrogen-bond donors (Lipinski definition) is 0. The summed E-state index contributed by atoms with van der Waals surface area (Å²) in [5, 5.41) is 11.1. The number of nitriles is 1. The average Bonchev–Trinajstić information content (AvgIpc) is 3.80. The van der Waals surface area contributed by atoms with Crippen molar-refractivity contribution in [1.82, 2.24) is 14.9 Å². The van der Waals surface area contributed by atoms with Crippen molar-refractivity contribution >= 4 is 28.7 Å². The van der Waals surface area contributed by atoms with Crippen molar-refractivity contribution in [2.24, 2.45) is 5.92 Å². The molecule has 170 valence electrons. The van der Waals surface area contributed by atoms with Crippen molar-refractivity contribution in [3.05, 3.63) is 59.9 Å². The highest BCUT2D eigenvalue weighted by Crippen LogP contribution is 2.46. The van der Waals surface area contributed by atoms with Gasteiger partial charge in [-0.05, 0) is 55.5 Å². The van der Waals surface area contributed by atoms with E-state index in [1.165, 1.54) is 0 Å². The maximum absolute atomic E-state index is 12.5. The van der Waals surface area contributed by atoms with E-state index in [1.54, 1.807) is 6.08 Å². The summed E-state index contributed by atoms with van der Waals surface area (Å²) in [4.78, 5) is 26.5. The molecule has 1 saturated heterocycles. The first kappa shape index (κ1) is 20.9. The summed E-state index contributed by atoms with van der Waals surface area (Å²) >= 11 is 0. The topological polar surface area (TPSA) is 73.1 Å². The molecular formula is C28H27N5O. The highest BCUT2D eigenvalue weighted by atomic mass is 16.2. The minimum Gasteiger partial charge on any atom is -0.352 e. The Morgan fingerprint density at radius 2 is 1.79 bits per heavy atom. The van der Waals surface area contributed by atoms with Crippen LogP contribution in [0, 0.1) is 17.2 Å². The predicted octanol–water partition coefficient (Wildman–Crippen LogP) is 4.75. The molecule has 34 heavy (non-hydrogen) atoms. The Bertz CT molecular complexity index is 1340. The zero-order valence-corrected chi connectivity index (χ0v) is 19.2. The third-order valence-corrected chi connectivity index (χ3v) is 7.17. The van der Waals surface area contributed by atoms with Gasteiger partial charge in [-0.3, -0.25) is 4.79 Å². The van der Waals surface area contributed by atoms with Crippen molar-refractivity contribution in [3.8, 4) is 17.2 Å². The second-order valence-electron chi connectivity index (χ2n) is 9.58. The molecule has 3 heterocycles. The Hall–Kier alpha value is -3.72. The van der Waals surface area contributed by atoms with Crippen molar-refractivity contribution in [3.63, 3.8) is 0 Å². The van der Waals surface area contributed by atoms with E-state index in [2.05, 4.69) is 29.7 Å². The van der Waals surface area contributed by atoms with Gasteiger partial charge >= 0.3 is 0 Å². The number of para-hydroxylation sites is 1. The number of fused-ring (bicyclic) bond motifs is 1. The first-order valence-corrected chi connectivity index (χ1v) is 12.2. The van der Waals surface area contributed by atoms with Crippen LogP contribution in [-0.4, -0.2) is 47.0 Å². The zero-order chi connectivity index (χ0) is 23.2. The molecule has 3 aliphatic rings. The van der Waals surface area contributed by atoms with Crippen LogP contribution in [0.1, 0.15) is 48.6 Å². The molecule has 0 N–H and O–H groups in total. The minimum absolute atomic E-state index is 0.246. The van der Waals surface area contributed by atoms with E-state index >= 15 is 0 Å². The highest BCUT2D eigenvalue weighted by Gasteiger charge is 2.36. The normalized spacial score (nSPS) is 18.1. The van der Waals surface area contributed by atoms with E-state index in [0.29, 0.717) is 43.6 Å². The molecule has 3 fully saturated rings. The summed E-state index contributed by atoms with van der Waals surface area (Å²) in [6.07, 6.45) is 6.06. The van der Waals surface area contributed by atoms with Crippen molar-refractivity contribution in [2.45, 2.75) is 31.6 Å². The lowest BCUT2D eigenvalue weighted by Gasteiger charge is -2.36. The van der Waals surface area contributed by atoms with Gasteiger partial charge in [0, 0.05) is 49.0 Å². The van der Waals surface area contributed by atoms with Crippen LogP contribution in [0.3, 0.4) is 0 Å². The van der Waals surface area contributed by atoms with E-state index < -0.39 is 0 Å². The van der Waals surface area contributed by atoms with Crippen molar-refractivity contribution in [2.75, 3.05) is 31.1 Å². The predicted molar refractivity (Wildman–Crippen MR) is 133 cm³/mol. The van der Waals surface area contributed by atoms with Gasteiger partial charge in [-0.15, -0.1) is 0 Å². The molecule has 2 saturated carbocycles. The molecule has 0 spiro atoms. The van der Waals surface area contributed by atoms with Crippen LogP contribution in [0.5, 0.6) is 0 Å². The molecule has 6 rings (SSSR count). The van der Waals surface area contributed by atoms with Crippen LogP contribution in [0.15, 0.2) is 43.0 Å². The molecule has 3 aromatic rings. The van der Waals surface area contributed by atoms with Crippen LogP contribution in [-0.2, 0) is 4.79 Å². The molecule has 6 nitrogen and oxygen atoms in total. The fraction of sp³-hybridized carbons (Fsp3) is 0.357. The molecule has 2 aromatic heterocycles. The van der Waals surface area contributed by atoms with Gasteiger partial charge in [-0.1, -0.05) is 24.8 Å². The summed E-state index contributed by atoms with van der Waals surface area (Å²) in [7, 11) is 0. The first-order valence-electron chi connectivity index (χ1n) is 12.2. The standard InChI is InChI=1S/C28H27N5O/c1-2-21-16-23(22-5-3-4-6-25(22)30-21)24-15-20(17-29)27(31-26(24)18-7-8-18)32-11-13-33(14-12-32)28(34)19-9-10-19/h2-6,15-16,18-19H,1,7-14H2. The molecule has 1 amide bonds. The maximum Gasteiger partial charge on any atom is 0.225 e. The number of benzene rings is 1.